The SMILES string of the molecule is CCC(C)N(Cc1ccccc1)C(=O)C(N)CC(=O)O. The topological polar surface area (TPSA) is 83.6 Å². The third-order valence-corrected chi connectivity index (χ3v) is 3.31. The zero-order valence-electron chi connectivity index (χ0n) is 12.0. The maximum Gasteiger partial charge on any atom is 0.305 e. The molecule has 0 saturated carbocycles. The van der Waals surface area contributed by atoms with E-state index >= 15 is 0 Å². The van der Waals surface area contributed by atoms with E-state index in [0.29, 0.717) is 6.54 Å². The number of nitrogens with zero attached hydrogens (tertiary/aromatic N) is 1. The number of hydrogen-bond acceptors (Lipinski definition) is 3. The fourth-order valence-electron chi connectivity index (χ4n) is 1.94. The molecule has 2 unspecified atom stereocenters. The van der Waals surface area contributed by atoms with Gasteiger partial charge >= 0.3 is 5.97 Å². The molecule has 0 saturated heterocycles. The lowest BCUT2D eigenvalue weighted by Gasteiger charge is -2.30. The standard InChI is InChI=1S/C15H22N2O3/c1-3-11(2)17(10-12-7-5-4-6-8-12)15(20)13(16)9-14(18)19/h4-8,11,13H,3,9-10,16H2,1-2H3,(H,18,19). The molecule has 3 N–H and O–H groups in total. The molecule has 20 heavy (non-hydrogen) atoms. The predicted octanol–water partition coefficient (Wildman–Crippen LogP) is 1.62. The molecule has 0 aliphatic carbocycles. The lowest BCUT2D eigenvalue weighted by atomic mass is 10.1. The highest BCUT2D eigenvalue weighted by Gasteiger charge is 2.26. The monoisotopic (exact) mass is 278 g/mol. The second-order valence-electron chi connectivity index (χ2n) is 4.91. The molecule has 0 fully saturated rings. The third kappa shape index (κ3) is 4.66. The highest BCUT2D eigenvalue weighted by atomic mass is 16.4. The Labute approximate surface area is 119 Å². The molecule has 0 aliphatic rings. The smallest absolute Gasteiger partial charge is 0.305 e. The Kier molecular flexibility index (Phi) is 6.18. The average molecular weight is 278 g/mol. The molecule has 110 valence electrons. The maximum absolute atomic E-state index is 12.3. The number of aliphatic carboxylic acids is 1. The van der Waals surface area contributed by atoms with Crippen molar-refractivity contribution in [2.24, 2.45) is 5.73 Å². The fraction of sp³-hybridized carbons (Fsp3) is 0.467. The summed E-state index contributed by atoms with van der Waals surface area (Å²) in [6.07, 6.45) is 0.443. The van der Waals surface area contributed by atoms with E-state index in [0.717, 1.165) is 12.0 Å². The van der Waals surface area contributed by atoms with E-state index in [1.54, 1.807) is 4.90 Å². The second-order valence-corrected chi connectivity index (χ2v) is 4.91. The van der Waals surface area contributed by atoms with Crippen molar-refractivity contribution in [3.05, 3.63) is 35.9 Å². The van der Waals surface area contributed by atoms with Crippen molar-refractivity contribution in [1.29, 1.82) is 0 Å². The van der Waals surface area contributed by atoms with Crippen LogP contribution in [0.2, 0.25) is 0 Å². The van der Waals surface area contributed by atoms with Crippen molar-refractivity contribution >= 4 is 11.9 Å². The Balaban J connectivity index is 2.83. The van der Waals surface area contributed by atoms with Crippen molar-refractivity contribution in [3.8, 4) is 0 Å². The molecule has 0 aliphatic heterocycles. The first-order valence-electron chi connectivity index (χ1n) is 6.77. The van der Waals surface area contributed by atoms with Gasteiger partial charge in [-0.15, -0.1) is 0 Å². The van der Waals surface area contributed by atoms with Gasteiger partial charge in [-0.1, -0.05) is 37.3 Å². The molecule has 0 heterocycles. The summed E-state index contributed by atoms with van der Waals surface area (Å²) < 4.78 is 0. The Hall–Kier alpha value is -1.88. The van der Waals surface area contributed by atoms with Crippen molar-refractivity contribution in [2.75, 3.05) is 0 Å². The van der Waals surface area contributed by atoms with Gasteiger partial charge in [0.2, 0.25) is 5.91 Å². The molecular formula is C15H22N2O3. The van der Waals surface area contributed by atoms with E-state index in [9.17, 15) is 9.59 Å². The number of benzene rings is 1. The van der Waals surface area contributed by atoms with Gasteiger partial charge in [-0.3, -0.25) is 9.59 Å². The third-order valence-electron chi connectivity index (χ3n) is 3.31. The maximum atomic E-state index is 12.3. The lowest BCUT2D eigenvalue weighted by molar-refractivity contribution is -0.143. The lowest BCUT2D eigenvalue weighted by Crippen LogP contribution is -2.48. The number of carboxylic acids is 1. The van der Waals surface area contributed by atoms with Gasteiger partial charge in [0.15, 0.2) is 0 Å². The zero-order chi connectivity index (χ0) is 15.1. The van der Waals surface area contributed by atoms with Crippen LogP contribution in [0.3, 0.4) is 0 Å². The molecule has 0 bridgehead atoms. The number of amides is 1. The summed E-state index contributed by atoms with van der Waals surface area (Å²) in [5, 5.41) is 8.75. The molecule has 0 aromatic heterocycles. The summed E-state index contributed by atoms with van der Waals surface area (Å²) >= 11 is 0. The zero-order valence-corrected chi connectivity index (χ0v) is 12.0. The molecule has 1 rings (SSSR count). The predicted molar refractivity (Wildman–Crippen MR) is 77.0 cm³/mol. The molecule has 0 spiro atoms. The Morgan fingerprint density at radius 2 is 1.90 bits per heavy atom. The van der Waals surface area contributed by atoms with Gasteiger partial charge in [0, 0.05) is 12.6 Å². The minimum atomic E-state index is -1.06. The first-order valence-corrected chi connectivity index (χ1v) is 6.77. The Bertz CT molecular complexity index is 448. The van der Waals surface area contributed by atoms with Crippen LogP contribution in [0.4, 0.5) is 0 Å². The number of rotatable bonds is 7. The number of hydrogen-bond donors (Lipinski definition) is 2. The van der Waals surface area contributed by atoms with Gasteiger partial charge in [-0.25, -0.2) is 0 Å². The molecule has 1 aromatic carbocycles. The molecule has 1 amide bonds. The highest BCUT2D eigenvalue weighted by Crippen LogP contribution is 2.13. The number of carboxylic acid groups (broad SMARTS) is 1. The van der Waals surface area contributed by atoms with Crippen LogP contribution >= 0.6 is 0 Å². The molecule has 2 atom stereocenters. The number of nitrogens with two attached hydrogens (primary N) is 1. The van der Waals surface area contributed by atoms with Crippen LogP contribution in [0.5, 0.6) is 0 Å². The van der Waals surface area contributed by atoms with Crippen molar-refractivity contribution < 1.29 is 14.7 Å². The van der Waals surface area contributed by atoms with Crippen molar-refractivity contribution in [2.45, 2.75) is 45.3 Å². The minimum absolute atomic E-state index is 0.0163. The van der Waals surface area contributed by atoms with E-state index in [1.165, 1.54) is 0 Å². The van der Waals surface area contributed by atoms with Crippen molar-refractivity contribution in [1.82, 2.24) is 4.90 Å². The van der Waals surface area contributed by atoms with Gasteiger partial charge < -0.3 is 15.7 Å². The van der Waals surface area contributed by atoms with Gasteiger partial charge in [-0.2, -0.15) is 0 Å². The van der Waals surface area contributed by atoms with Crippen LogP contribution in [0, 0.1) is 0 Å². The molecule has 1 aromatic rings. The van der Waals surface area contributed by atoms with E-state index in [4.69, 9.17) is 10.8 Å². The molecular weight excluding hydrogens is 256 g/mol. The fourth-order valence-corrected chi connectivity index (χ4v) is 1.94. The average Bonchev–Trinajstić information content (AvgIpc) is 2.43. The summed E-state index contributed by atoms with van der Waals surface area (Å²) in [5.41, 5.74) is 6.70. The summed E-state index contributed by atoms with van der Waals surface area (Å²) in [7, 11) is 0. The van der Waals surface area contributed by atoms with E-state index in [2.05, 4.69) is 0 Å². The van der Waals surface area contributed by atoms with Crippen LogP contribution < -0.4 is 5.73 Å². The van der Waals surface area contributed by atoms with Crippen LogP contribution in [0.15, 0.2) is 30.3 Å². The van der Waals surface area contributed by atoms with Crippen LogP contribution in [-0.4, -0.2) is 34.0 Å². The Morgan fingerprint density at radius 3 is 2.40 bits per heavy atom. The van der Waals surface area contributed by atoms with Gasteiger partial charge in [-0.05, 0) is 18.9 Å². The number of carbonyl (C=O) groups excluding carboxylic acids is 1. The van der Waals surface area contributed by atoms with E-state index < -0.39 is 12.0 Å². The molecule has 5 heteroatoms. The van der Waals surface area contributed by atoms with Gasteiger partial charge in [0.1, 0.15) is 0 Å². The van der Waals surface area contributed by atoms with Crippen LogP contribution in [0.25, 0.3) is 0 Å². The highest BCUT2D eigenvalue weighted by molar-refractivity contribution is 5.86. The van der Waals surface area contributed by atoms with Gasteiger partial charge in [0.05, 0.1) is 12.5 Å². The quantitative estimate of drug-likeness (QED) is 0.793. The second kappa shape index (κ2) is 7.65. The van der Waals surface area contributed by atoms with Gasteiger partial charge in [0.25, 0.3) is 0 Å². The summed E-state index contributed by atoms with van der Waals surface area (Å²) in [6, 6.07) is 8.62. The number of carbonyl (C=O) groups is 2. The normalized spacial score (nSPS) is 13.6. The largest absolute Gasteiger partial charge is 0.481 e. The summed E-state index contributed by atoms with van der Waals surface area (Å²) in [4.78, 5) is 24.7. The molecule has 0 radical (unpaired) electrons. The van der Waals surface area contributed by atoms with Crippen LogP contribution in [0.1, 0.15) is 32.3 Å². The first kappa shape index (κ1) is 16.2. The van der Waals surface area contributed by atoms with E-state index in [-0.39, 0.29) is 18.4 Å². The first-order chi connectivity index (χ1) is 9.45. The van der Waals surface area contributed by atoms with E-state index in [1.807, 2.05) is 44.2 Å². The van der Waals surface area contributed by atoms with Crippen LogP contribution in [-0.2, 0) is 16.1 Å². The summed E-state index contributed by atoms with van der Waals surface area (Å²) in [6.45, 7) is 4.37. The Morgan fingerprint density at radius 1 is 1.30 bits per heavy atom. The molecule has 5 nitrogen and oxygen atoms in total. The summed E-state index contributed by atoms with van der Waals surface area (Å²) in [5.74, 6) is -1.37. The minimum Gasteiger partial charge on any atom is -0.481 e. The van der Waals surface area contributed by atoms with Crippen molar-refractivity contribution in [3.63, 3.8) is 0 Å².